The number of hydrogen-bond donors (Lipinski definition) is 1. The Balaban J connectivity index is 2.03. The SMILES string of the molecule is COc1ccc2nc(C(N)c3cccs3)sc2c1. The van der Waals surface area contributed by atoms with E-state index in [1.807, 2.05) is 35.7 Å². The molecule has 0 aliphatic rings. The van der Waals surface area contributed by atoms with Gasteiger partial charge in [-0.1, -0.05) is 6.07 Å². The molecule has 1 atom stereocenters. The molecule has 1 unspecified atom stereocenters. The van der Waals surface area contributed by atoms with Gasteiger partial charge in [-0.15, -0.1) is 22.7 Å². The summed E-state index contributed by atoms with van der Waals surface area (Å²) < 4.78 is 6.32. The van der Waals surface area contributed by atoms with Crippen LogP contribution in [0.1, 0.15) is 15.9 Å². The van der Waals surface area contributed by atoms with Crippen LogP contribution in [0.25, 0.3) is 10.2 Å². The first-order valence-electron chi connectivity index (χ1n) is 5.51. The standard InChI is InChI=1S/C13H12N2OS2/c1-16-8-4-5-9-11(7-8)18-13(15-9)12(14)10-3-2-6-17-10/h2-7,12H,14H2,1H3. The second kappa shape index (κ2) is 4.68. The number of nitrogens with two attached hydrogens (primary N) is 1. The Morgan fingerprint density at radius 1 is 1.33 bits per heavy atom. The van der Waals surface area contributed by atoms with Crippen molar-refractivity contribution in [1.82, 2.24) is 4.98 Å². The summed E-state index contributed by atoms with van der Waals surface area (Å²) in [5.41, 5.74) is 7.20. The third-order valence-electron chi connectivity index (χ3n) is 2.73. The summed E-state index contributed by atoms with van der Waals surface area (Å²) in [6, 6.07) is 9.81. The summed E-state index contributed by atoms with van der Waals surface area (Å²) in [5.74, 6) is 0.849. The predicted molar refractivity (Wildman–Crippen MR) is 76.5 cm³/mol. The van der Waals surface area contributed by atoms with Gasteiger partial charge in [0.05, 0.1) is 23.4 Å². The lowest BCUT2D eigenvalue weighted by Crippen LogP contribution is -2.09. The zero-order valence-electron chi connectivity index (χ0n) is 9.79. The number of rotatable bonds is 3. The summed E-state index contributed by atoms with van der Waals surface area (Å²) in [6.07, 6.45) is 0. The van der Waals surface area contributed by atoms with Crippen molar-refractivity contribution in [3.8, 4) is 5.75 Å². The quantitative estimate of drug-likeness (QED) is 0.797. The molecule has 1 aromatic carbocycles. The van der Waals surface area contributed by atoms with E-state index < -0.39 is 0 Å². The van der Waals surface area contributed by atoms with Gasteiger partial charge in [0.25, 0.3) is 0 Å². The van der Waals surface area contributed by atoms with Crippen molar-refractivity contribution in [3.05, 3.63) is 45.6 Å². The Morgan fingerprint density at radius 2 is 2.22 bits per heavy atom. The zero-order valence-corrected chi connectivity index (χ0v) is 11.4. The largest absolute Gasteiger partial charge is 0.497 e. The van der Waals surface area contributed by atoms with Crippen LogP contribution >= 0.6 is 22.7 Å². The maximum Gasteiger partial charge on any atom is 0.120 e. The molecular weight excluding hydrogens is 264 g/mol. The number of nitrogens with zero attached hydrogens (tertiary/aromatic N) is 1. The van der Waals surface area contributed by atoms with Gasteiger partial charge in [-0.3, -0.25) is 0 Å². The lowest BCUT2D eigenvalue weighted by Gasteiger charge is -2.03. The fourth-order valence-corrected chi connectivity index (χ4v) is 3.59. The summed E-state index contributed by atoms with van der Waals surface area (Å²) in [5, 5.41) is 2.98. The summed E-state index contributed by atoms with van der Waals surface area (Å²) >= 11 is 3.28. The summed E-state index contributed by atoms with van der Waals surface area (Å²) in [4.78, 5) is 5.73. The van der Waals surface area contributed by atoms with Gasteiger partial charge in [-0.2, -0.15) is 0 Å². The first-order chi connectivity index (χ1) is 8.78. The molecule has 0 aliphatic carbocycles. The summed E-state index contributed by atoms with van der Waals surface area (Å²) in [7, 11) is 1.67. The maximum absolute atomic E-state index is 6.22. The van der Waals surface area contributed by atoms with E-state index >= 15 is 0 Å². The number of fused-ring (bicyclic) bond motifs is 1. The molecule has 0 saturated carbocycles. The van der Waals surface area contributed by atoms with Crippen LogP contribution in [0, 0.1) is 0 Å². The monoisotopic (exact) mass is 276 g/mol. The van der Waals surface area contributed by atoms with Crippen LogP contribution in [-0.2, 0) is 0 Å². The highest BCUT2D eigenvalue weighted by molar-refractivity contribution is 7.18. The minimum Gasteiger partial charge on any atom is -0.497 e. The molecule has 2 N–H and O–H groups in total. The molecule has 3 nitrogen and oxygen atoms in total. The number of methoxy groups -OCH3 is 1. The van der Waals surface area contributed by atoms with Gasteiger partial charge in [0.15, 0.2) is 0 Å². The second-order valence-corrected chi connectivity index (χ2v) is 5.92. The third kappa shape index (κ3) is 2.01. The van der Waals surface area contributed by atoms with Gasteiger partial charge in [-0.25, -0.2) is 4.98 Å². The maximum atomic E-state index is 6.22. The molecular formula is C13H12N2OS2. The molecule has 0 fully saturated rings. The average molecular weight is 276 g/mol. The van der Waals surface area contributed by atoms with Crippen LogP contribution in [0.2, 0.25) is 0 Å². The van der Waals surface area contributed by atoms with E-state index in [0.717, 1.165) is 25.9 Å². The van der Waals surface area contributed by atoms with E-state index in [9.17, 15) is 0 Å². The summed E-state index contributed by atoms with van der Waals surface area (Å²) in [6.45, 7) is 0. The van der Waals surface area contributed by atoms with Crippen molar-refractivity contribution in [3.63, 3.8) is 0 Å². The third-order valence-corrected chi connectivity index (χ3v) is 4.78. The average Bonchev–Trinajstić information content (AvgIpc) is 3.05. The zero-order chi connectivity index (χ0) is 12.5. The molecule has 3 rings (SSSR count). The molecule has 2 aromatic heterocycles. The number of benzene rings is 1. The van der Waals surface area contributed by atoms with Gasteiger partial charge in [0.1, 0.15) is 10.8 Å². The van der Waals surface area contributed by atoms with Crippen LogP contribution < -0.4 is 10.5 Å². The van der Waals surface area contributed by atoms with Crippen molar-refractivity contribution in [2.24, 2.45) is 5.73 Å². The van der Waals surface area contributed by atoms with Crippen LogP contribution in [0.3, 0.4) is 0 Å². The van der Waals surface area contributed by atoms with Gasteiger partial charge in [0, 0.05) is 4.88 Å². The Labute approximate surface area is 113 Å². The molecule has 3 aromatic rings. The lowest BCUT2D eigenvalue weighted by molar-refractivity contribution is 0.415. The number of thiazole rings is 1. The van der Waals surface area contributed by atoms with E-state index in [-0.39, 0.29) is 6.04 Å². The first-order valence-corrected chi connectivity index (χ1v) is 7.21. The van der Waals surface area contributed by atoms with E-state index in [0.29, 0.717) is 0 Å². The fourth-order valence-electron chi connectivity index (χ4n) is 1.77. The molecule has 0 aliphatic heterocycles. The first kappa shape index (κ1) is 11.6. The van der Waals surface area contributed by atoms with Crippen molar-refractivity contribution in [2.45, 2.75) is 6.04 Å². The number of ether oxygens (including phenoxy) is 1. The van der Waals surface area contributed by atoms with E-state index in [1.54, 1.807) is 29.8 Å². The topological polar surface area (TPSA) is 48.1 Å². The normalized spacial score (nSPS) is 12.8. The fraction of sp³-hybridized carbons (Fsp3) is 0.154. The molecule has 18 heavy (non-hydrogen) atoms. The smallest absolute Gasteiger partial charge is 0.120 e. The highest BCUT2D eigenvalue weighted by Crippen LogP contribution is 2.32. The number of hydrogen-bond acceptors (Lipinski definition) is 5. The van der Waals surface area contributed by atoms with Gasteiger partial charge in [-0.05, 0) is 29.6 Å². The van der Waals surface area contributed by atoms with E-state index in [2.05, 4.69) is 4.98 Å². The Bertz CT molecular complexity index is 661. The van der Waals surface area contributed by atoms with E-state index in [1.165, 1.54) is 0 Å². The minimum atomic E-state index is -0.131. The molecule has 0 amide bonds. The van der Waals surface area contributed by atoms with Gasteiger partial charge >= 0.3 is 0 Å². The Morgan fingerprint density at radius 3 is 2.94 bits per heavy atom. The molecule has 2 heterocycles. The highest BCUT2D eigenvalue weighted by Gasteiger charge is 2.15. The predicted octanol–water partition coefficient (Wildman–Crippen LogP) is 3.41. The molecule has 0 spiro atoms. The minimum absolute atomic E-state index is 0.131. The van der Waals surface area contributed by atoms with Gasteiger partial charge in [0.2, 0.25) is 0 Å². The Kier molecular flexibility index (Phi) is 3.03. The van der Waals surface area contributed by atoms with Crippen molar-refractivity contribution in [1.29, 1.82) is 0 Å². The van der Waals surface area contributed by atoms with Crippen molar-refractivity contribution >= 4 is 32.9 Å². The molecule has 0 bridgehead atoms. The Hall–Kier alpha value is -1.43. The van der Waals surface area contributed by atoms with Crippen LogP contribution in [0.4, 0.5) is 0 Å². The van der Waals surface area contributed by atoms with Crippen LogP contribution in [0.5, 0.6) is 5.75 Å². The molecule has 0 radical (unpaired) electrons. The second-order valence-electron chi connectivity index (χ2n) is 3.88. The van der Waals surface area contributed by atoms with Gasteiger partial charge < -0.3 is 10.5 Å². The van der Waals surface area contributed by atoms with Crippen molar-refractivity contribution in [2.75, 3.05) is 7.11 Å². The van der Waals surface area contributed by atoms with Crippen molar-refractivity contribution < 1.29 is 4.74 Å². The van der Waals surface area contributed by atoms with E-state index in [4.69, 9.17) is 10.5 Å². The van der Waals surface area contributed by atoms with Crippen LogP contribution in [-0.4, -0.2) is 12.1 Å². The molecule has 0 saturated heterocycles. The lowest BCUT2D eigenvalue weighted by atomic mass is 10.2. The molecule has 92 valence electrons. The number of aromatic nitrogens is 1. The number of thiophene rings is 1. The highest BCUT2D eigenvalue weighted by atomic mass is 32.1. The molecule has 5 heteroatoms. The van der Waals surface area contributed by atoms with Crippen LogP contribution in [0.15, 0.2) is 35.7 Å².